The van der Waals surface area contributed by atoms with Gasteiger partial charge in [-0.3, -0.25) is 9.36 Å². The lowest BCUT2D eigenvalue weighted by atomic mass is 10.2. The van der Waals surface area contributed by atoms with Gasteiger partial charge in [0.15, 0.2) is 28.7 Å². The number of carbonyl (C=O) groups excluding carboxylic acids is 1. The highest BCUT2D eigenvalue weighted by Crippen LogP contribution is 2.30. The Labute approximate surface area is 206 Å². The van der Waals surface area contributed by atoms with Crippen molar-refractivity contribution < 1.29 is 32.2 Å². The molecule has 15 heteroatoms. The molecule has 0 radical (unpaired) electrons. The first kappa shape index (κ1) is 27.1. The zero-order valence-corrected chi connectivity index (χ0v) is 20.1. The van der Waals surface area contributed by atoms with E-state index >= 15 is 4.39 Å². The molecule has 1 atom stereocenters. The van der Waals surface area contributed by atoms with E-state index in [9.17, 15) is 27.9 Å². The largest absolute Gasteiger partial charge is 0.464 e. The van der Waals surface area contributed by atoms with E-state index in [4.69, 9.17) is 16.3 Å². The first-order valence-corrected chi connectivity index (χ1v) is 10.8. The number of aryl methyl sites for hydroxylation is 1. The van der Waals surface area contributed by atoms with Crippen molar-refractivity contribution in [2.75, 3.05) is 5.32 Å². The van der Waals surface area contributed by atoms with E-state index in [1.807, 2.05) is 0 Å². The summed E-state index contributed by atoms with van der Waals surface area (Å²) in [6.45, 7) is 4.79. The minimum Gasteiger partial charge on any atom is -0.464 e. The zero-order valence-electron chi connectivity index (χ0n) is 19.4. The predicted molar refractivity (Wildman–Crippen MR) is 120 cm³/mol. The number of aliphatic hydroxyl groups excluding tert-OH is 1. The second-order valence-electron chi connectivity index (χ2n) is 7.93. The van der Waals surface area contributed by atoms with Crippen LogP contribution in [-0.2, 0) is 6.61 Å². The van der Waals surface area contributed by atoms with Gasteiger partial charge < -0.3 is 15.2 Å². The third kappa shape index (κ3) is 5.33. The fourth-order valence-corrected chi connectivity index (χ4v) is 3.39. The van der Waals surface area contributed by atoms with E-state index in [0.717, 1.165) is 4.57 Å². The molecule has 194 valence electrons. The number of carbonyl (C=O) groups is 1. The number of aromatic nitrogens is 5. The first-order valence-electron chi connectivity index (χ1n) is 10.4. The molecule has 0 aliphatic rings. The van der Waals surface area contributed by atoms with Crippen LogP contribution in [0.1, 0.15) is 48.6 Å². The van der Waals surface area contributed by atoms with Crippen molar-refractivity contribution >= 4 is 23.2 Å². The molecule has 0 spiro atoms. The van der Waals surface area contributed by atoms with E-state index in [0.29, 0.717) is 23.2 Å². The molecule has 0 aliphatic heterocycles. The number of nitrogens with one attached hydrogen (secondary N) is 1. The van der Waals surface area contributed by atoms with E-state index < -0.39 is 59.6 Å². The van der Waals surface area contributed by atoms with Crippen LogP contribution in [0.15, 0.2) is 23.1 Å². The van der Waals surface area contributed by atoms with Crippen LogP contribution in [0.2, 0.25) is 5.15 Å². The number of hydrogen-bond acceptors (Lipinski definition) is 7. The van der Waals surface area contributed by atoms with Crippen molar-refractivity contribution in [1.29, 1.82) is 0 Å². The number of halogens is 5. The molecular formula is C21H21ClF4N6O4. The number of alkyl halides is 3. The van der Waals surface area contributed by atoms with E-state index in [1.54, 1.807) is 20.8 Å². The molecule has 0 bridgehead atoms. The van der Waals surface area contributed by atoms with Crippen molar-refractivity contribution in [3.63, 3.8) is 0 Å². The van der Waals surface area contributed by atoms with Gasteiger partial charge in [0.25, 0.3) is 5.91 Å². The summed E-state index contributed by atoms with van der Waals surface area (Å²) >= 11 is 5.99. The standard InChI is InChI=1S/C21H21ClF4N6O4/c1-9(2)31-14(8-33)30-32(20(31)35)17-13(23)7-12(19(29-17)36-11(4)21(24,25)26)18(34)28-15-10(3)5-6-27-16(15)22/h5-7,9,11,33H,8H2,1-4H3,(H,28,34). The number of amides is 1. The normalized spacial score (nSPS) is 12.6. The third-order valence-electron chi connectivity index (χ3n) is 5.01. The Hall–Kier alpha value is -3.52. The molecule has 1 amide bonds. The molecule has 0 saturated heterocycles. The summed E-state index contributed by atoms with van der Waals surface area (Å²) in [7, 11) is 0. The van der Waals surface area contributed by atoms with Crippen LogP contribution in [0.3, 0.4) is 0 Å². The van der Waals surface area contributed by atoms with Gasteiger partial charge >= 0.3 is 11.9 Å². The van der Waals surface area contributed by atoms with Gasteiger partial charge in [0.1, 0.15) is 12.2 Å². The molecule has 3 aromatic rings. The number of anilines is 1. The van der Waals surface area contributed by atoms with Gasteiger partial charge in [-0.2, -0.15) is 22.8 Å². The minimum atomic E-state index is -4.85. The second-order valence-corrected chi connectivity index (χ2v) is 8.29. The predicted octanol–water partition coefficient (Wildman–Crippen LogP) is 3.58. The molecule has 1 unspecified atom stereocenters. The maximum Gasteiger partial charge on any atom is 0.425 e. The summed E-state index contributed by atoms with van der Waals surface area (Å²) in [6.07, 6.45) is -5.93. The molecule has 0 fully saturated rings. The van der Waals surface area contributed by atoms with Crippen molar-refractivity contribution in [2.24, 2.45) is 0 Å². The number of aliphatic hydroxyl groups is 1. The lowest BCUT2D eigenvalue weighted by molar-refractivity contribution is -0.190. The van der Waals surface area contributed by atoms with Gasteiger partial charge in [-0.05, 0) is 45.4 Å². The fourth-order valence-electron chi connectivity index (χ4n) is 3.14. The number of hydrogen-bond donors (Lipinski definition) is 2. The number of rotatable bonds is 7. The van der Waals surface area contributed by atoms with Gasteiger partial charge in [-0.15, -0.1) is 5.10 Å². The smallest absolute Gasteiger partial charge is 0.425 e. The summed E-state index contributed by atoms with van der Waals surface area (Å²) < 4.78 is 61.2. The van der Waals surface area contributed by atoms with Crippen LogP contribution in [0.4, 0.5) is 23.2 Å². The Bertz CT molecular complexity index is 1340. The Balaban J connectivity index is 2.17. The average molecular weight is 533 g/mol. The Kier molecular flexibility index (Phi) is 7.69. The molecule has 0 saturated carbocycles. The Morgan fingerprint density at radius 1 is 1.31 bits per heavy atom. The highest BCUT2D eigenvalue weighted by molar-refractivity contribution is 6.32. The molecule has 0 aromatic carbocycles. The summed E-state index contributed by atoms with van der Waals surface area (Å²) in [5.74, 6) is -4.23. The fraction of sp³-hybridized carbons (Fsp3) is 0.381. The monoisotopic (exact) mass is 532 g/mol. The zero-order chi connectivity index (χ0) is 26.9. The van der Waals surface area contributed by atoms with Gasteiger partial charge in [-0.25, -0.2) is 14.2 Å². The van der Waals surface area contributed by atoms with Crippen LogP contribution in [0.25, 0.3) is 5.82 Å². The number of nitrogens with zero attached hydrogens (tertiary/aromatic N) is 5. The first-order chi connectivity index (χ1) is 16.8. The SMILES string of the molecule is Cc1ccnc(Cl)c1NC(=O)c1cc(F)c(-n2nc(CO)n(C(C)C)c2=O)nc1OC(C)C(F)(F)F. The second kappa shape index (κ2) is 10.2. The number of ether oxygens (including phenoxy) is 1. The quantitative estimate of drug-likeness (QED) is 0.352. The van der Waals surface area contributed by atoms with Crippen molar-refractivity contribution in [1.82, 2.24) is 24.3 Å². The minimum absolute atomic E-state index is 0.0444. The summed E-state index contributed by atoms with van der Waals surface area (Å²) in [5.41, 5.74) is -1.10. The average Bonchev–Trinajstić information content (AvgIpc) is 3.12. The maximum atomic E-state index is 15.1. The molecule has 10 nitrogen and oxygen atoms in total. The molecular weight excluding hydrogens is 512 g/mol. The molecule has 3 heterocycles. The van der Waals surface area contributed by atoms with E-state index in [1.165, 1.54) is 12.3 Å². The van der Waals surface area contributed by atoms with Crippen LogP contribution < -0.4 is 15.7 Å². The van der Waals surface area contributed by atoms with Gasteiger partial charge in [0, 0.05) is 12.2 Å². The number of pyridine rings is 2. The topological polar surface area (TPSA) is 124 Å². The summed E-state index contributed by atoms with van der Waals surface area (Å²) in [6, 6.07) is 1.59. The Morgan fingerprint density at radius 3 is 2.50 bits per heavy atom. The lowest BCUT2D eigenvalue weighted by Gasteiger charge is -2.19. The summed E-state index contributed by atoms with van der Waals surface area (Å²) in [4.78, 5) is 33.3. The van der Waals surface area contributed by atoms with Crippen molar-refractivity contribution in [2.45, 2.75) is 52.6 Å². The molecule has 3 rings (SSSR count). The maximum absolute atomic E-state index is 15.1. The van der Waals surface area contributed by atoms with Gasteiger partial charge in [0.2, 0.25) is 5.88 Å². The van der Waals surface area contributed by atoms with Crippen molar-refractivity contribution in [3.8, 4) is 11.7 Å². The molecule has 2 N–H and O–H groups in total. The van der Waals surface area contributed by atoms with Crippen molar-refractivity contribution in [3.05, 3.63) is 56.7 Å². The molecule has 0 aliphatic carbocycles. The summed E-state index contributed by atoms with van der Waals surface area (Å²) in [5, 5.41) is 15.6. The lowest BCUT2D eigenvalue weighted by Crippen LogP contribution is -2.33. The van der Waals surface area contributed by atoms with Crippen LogP contribution >= 0.6 is 11.6 Å². The van der Waals surface area contributed by atoms with Gasteiger partial charge in [0.05, 0.1) is 5.69 Å². The van der Waals surface area contributed by atoms with Crippen LogP contribution in [0.5, 0.6) is 5.88 Å². The molecule has 36 heavy (non-hydrogen) atoms. The highest BCUT2D eigenvalue weighted by atomic mass is 35.5. The van der Waals surface area contributed by atoms with E-state index in [2.05, 4.69) is 20.4 Å². The highest BCUT2D eigenvalue weighted by Gasteiger charge is 2.39. The van der Waals surface area contributed by atoms with Gasteiger partial charge in [-0.1, -0.05) is 11.6 Å². The third-order valence-corrected chi connectivity index (χ3v) is 5.29. The van der Waals surface area contributed by atoms with Crippen LogP contribution in [0, 0.1) is 12.7 Å². The van der Waals surface area contributed by atoms with Crippen LogP contribution in [-0.4, -0.2) is 47.6 Å². The molecule has 3 aromatic heterocycles. The Morgan fingerprint density at radius 2 is 1.97 bits per heavy atom. The van der Waals surface area contributed by atoms with E-state index in [-0.39, 0.29) is 16.7 Å².